The number of hydrogen-bond donors (Lipinski definition) is 0. The Morgan fingerprint density at radius 3 is 2.27 bits per heavy atom. The van der Waals surface area contributed by atoms with Gasteiger partial charge in [0.1, 0.15) is 0 Å². The molecular weight excluding hydrogens is 384 g/mol. The van der Waals surface area contributed by atoms with Crippen LogP contribution in [0.25, 0.3) is 0 Å². The Labute approximate surface area is 188 Å². The summed E-state index contributed by atoms with van der Waals surface area (Å²) in [6, 6.07) is 0. The summed E-state index contributed by atoms with van der Waals surface area (Å²) in [5.74, 6) is 0. The van der Waals surface area contributed by atoms with Crippen molar-refractivity contribution < 1.29 is 8.85 Å². The summed E-state index contributed by atoms with van der Waals surface area (Å²) in [7, 11) is -2.60. The number of unbranched alkanes of at least 4 members (excludes halogenated alkanes) is 1. The molecule has 172 valence electrons. The van der Waals surface area contributed by atoms with Crippen LogP contribution in [-0.2, 0) is 8.85 Å². The van der Waals surface area contributed by atoms with Crippen molar-refractivity contribution in [1.29, 1.82) is 0 Å². The second-order valence-corrected chi connectivity index (χ2v) is 17.8. The van der Waals surface area contributed by atoms with E-state index in [9.17, 15) is 0 Å². The van der Waals surface area contributed by atoms with Gasteiger partial charge >= 0.3 is 8.56 Å². The molecule has 1 unspecified atom stereocenters. The third-order valence-electron chi connectivity index (χ3n) is 8.38. The van der Waals surface area contributed by atoms with Crippen LogP contribution >= 0.6 is 0 Å². The van der Waals surface area contributed by atoms with Crippen molar-refractivity contribution in [2.24, 2.45) is 10.8 Å². The molecule has 3 heteroatoms. The average molecular weight is 433 g/mol. The van der Waals surface area contributed by atoms with Crippen molar-refractivity contribution in [3.8, 4) is 0 Å². The summed E-state index contributed by atoms with van der Waals surface area (Å²) >= 11 is 0. The molecule has 2 aliphatic carbocycles. The van der Waals surface area contributed by atoms with E-state index in [1.54, 1.807) is 0 Å². The van der Waals surface area contributed by atoms with Gasteiger partial charge in [-0.2, -0.15) is 0 Å². The fourth-order valence-electron chi connectivity index (χ4n) is 6.62. The standard InChI is InChI=1S/C27H48O2Si/c1-11-12-20-27-22(28-30(29-27,23(2,3)4)24(5,6)7)21-16-13-14-18-26(21,10)19-15-17-25(27,8)9/h15-16,19,22H,11-14,17-18,20H2,1-10H3/b19-15-/t22-,26?,27+/m0/s1. The van der Waals surface area contributed by atoms with E-state index in [1.807, 2.05) is 0 Å². The monoisotopic (exact) mass is 432 g/mol. The Morgan fingerprint density at radius 2 is 1.70 bits per heavy atom. The molecule has 30 heavy (non-hydrogen) atoms. The van der Waals surface area contributed by atoms with E-state index < -0.39 is 8.56 Å². The zero-order chi connectivity index (χ0) is 22.6. The molecule has 0 amide bonds. The fraction of sp³-hybridized carbons (Fsp3) is 0.852. The number of rotatable bonds is 3. The Kier molecular flexibility index (Phi) is 6.14. The number of fused-ring (bicyclic) bond motifs is 3. The molecular formula is C27H48O2Si. The summed E-state index contributed by atoms with van der Waals surface area (Å²) < 4.78 is 15.2. The molecule has 3 rings (SSSR count). The predicted molar refractivity (Wildman–Crippen MR) is 131 cm³/mol. The lowest BCUT2D eigenvalue weighted by Gasteiger charge is -2.52. The fourth-order valence-corrected chi connectivity index (χ4v) is 11.9. The topological polar surface area (TPSA) is 18.5 Å². The largest absolute Gasteiger partial charge is 0.384 e. The van der Waals surface area contributed by atoms with Gasteiger partial charge in [0.05, 0.1) is 11.7 Å². The highest BCUT2D eigenvalue weighted by Crippen LogP contribution is 2.65. The highest BCUT2D eigenvalue weighted by Gasteiger charge is 2.72. The van der Waals surface area contributed by atoms with Gasteiger partial charge in [-0.25, -0.2) is 0 Å². The molecule has 1 heterocycles. The molecule has 0 spiro atoms. The molecule has 0 radical (unpaired) electrons. The minimum atomic E-state index is -2.60. The van der Waals surface area contributed by atoms with Crippen molar-refractivity contribution in [3.05, 3.63) is 23.8 Å². The van der Waals surface area contributed by atoms with Crippen LogP contribution in [0.15, 0.2) is 23.8 Å². The zero-order valence-corrected chi connectivity index (χ0v) is 22.6. The first-order valence-corrected chi connectivity index (χ1v) is 14.2. The summed E-state index contributed by atoms with van der Waals surface area (Å²) in [5.41, 5.74) is 1.37. The third kappa shape index (κ3) is 3.51. The maximum atomic E-state index is 7.66. The quantitative estimate of drug-likeness (QED) is 0.329. The molecule has 1 saturated heterocycles. The molecule has 0 N–H and O–H groups in total. The van der Waals surface area contributed by atoms with E-state index >= 15 is 0 Å². The average Bonchev–Trinajstić information content (AvgIpc) is 2.97. The van der Waals surface area contributed by atoms with Gasteiger partial charge in [0.2, 0.25) is 0 Å². The minimum absolute atomic E-state index is 0.000651. The highest BCUT2D eigenvalue weighted by atomic mass is 28.4. The van der Waals surface area contributed by atoms with Gasteiger partial charge in [-0.1, -0.05) is 100 Å². The van der Waals surface area contributed by atoms with Crippen LogP contribution in [-0.4, -0.2) is 20.3 Å². The zero-order valence-electron chi connectivity index (χ0n) is 21.6. The Balaban J connectivity index is 2.30. The predicted octanol–water partition coefficient (Wildman–Crippen LogP) is 8.48. The van der Waals surface area contributed by atoms with E-state index in [1.165, 1.54) is 37.7 Å². The number of hydrogen-bond acceptors (Lipinski definition) is 2. The van der Waals surface area contributed by atoms with Gasteiger partial charge < -0.3 is 8.85 Å². The van der Waals surface area contributed by atoms with Crippen molar-refractivity contribution in [3.63, 3.8) is 0 Å². The molecule has 0 aromatic heterocycles. The second-order valence-electron chi connectivity index (χ2n) is 13.2. The van der Waals surface area contributed by atoms with Crippen LogP contribution in [0, 0.1) is 10.8 Å². The summed E-state index contributed by atoms with van der Waals surface area (Å²) in [6.07, 6.45) is 15.7. The van der Waals surface area contributed by atoms with Crippen LogP contribution in [0.3, 0.4) is 0 Å². The van der Waals surface area contributed by atoms with Gasteiger partial charge in [0.15, 0.2) is 0 Å². The first-order chi connectivity index (χ1) is 13.7. The van der Waals surface area contributed by atoms with Crippen LogP contribution in [0.4, 0.5) is 0 Å². The molecule has 1 fully saturated rings. The summed E-state index contributed by atoms with van der Waals surface area (Å²) in [4.78, 5) is 0. The maximum absolute atomic E-state index is 7.66. The van der Waals surface area contributed by atoms with Crippen LogP contribution in [0.1, 0.15) is 114 Å². The van der Waals surface area contributed by atoms with Crippen LogP contribution in [0.2, 0.25) is 10.1 Å². The van der Waals surface area contributed by atoms with Gasteiger partial charge in [-0.15, -0.1) is 0 Å². The lowest BCUT2D eigenvalue weighted by molar-refractivity contribution is -0.0706. The van der Waals surface area contributed by atoms with Crippen molar-refractivity contribution in [2.45, 2.75) is 136 Å². The molecule has 0 aromatic carbocycles. The normalized spacial score (nSPS) is 36.9. The van der Waals surface area contributed by atoms with Crippen molar-refractivity contribution in [1.82, 2.24) is 0 Å². The lowest BCUT2D eigenvalue weighted by Crippen LogP contribution is -2.58. The first-order valence-electron chi connectivity index (χ1n) is 12.4. The van der Waals surface area contributed by atoms with E-state index in [2.05, 4.69) is 87.5 Å². The Hall–Kier alpha value is -0.383. The van der Waals surface area contributed by atoms with E-state index in [-0.39, 0.29) is 32.6 Å². The second kappa shape index (κ2) is 7.59. The van der Waals surface area contributed by atoms with Crippen molar-refractivity contribution in [2.75, 3.05) is 0 Å². The van der Waals surface area contributed by atoms with Gasteiger partial charge in [-0.05, 0) is 43.1 Å². The first kappa shape index (κ1) is 24.3. The molecule has 1 aliphatic heterocycles. The molecule has 0 saturated carbocycles. The molecule has 3 atom stereocenters. The smallest absolute Gasteiger partial charge is 0.350 e. The van der Waals surface area contributed by atoms with E-state index in [4.69, 9.17) is 8.85 Å². The summed E-state index contributed by atoms with van der Waals surface area (Å²) in [6.45, 7) is 23.8. The Morgan fingerprint density at radius 1 is 1.07 bits per heavy atom. The molecule has 0 bridgehead atoms. The van der Waals surface area contributed by atoms with E-state index in [0.717, 1.165) is 12.8 Å². The number of allylic oxidation sites excluding steroid dienone is 3. The molecule has 0 aromatic rings. The highest BCUT2D eigenvalue weighted by molar-refractivity contribution is 6.74. The lowest BCUT2D eigenvalue weighted by atomic mass is 9.59. The van der Waals surface area contributed by atoms with Gasteiger partial charge in [0, 0.05) is 15.5 Å². The van der Waals surface area contributed by atoms with Gasteiger partial charge in [-0.3, -0.25) is 0 Å². The van der Waals surface area contributed by atoms with Gasteiger partial charge in [0.25, 0.3) is 0 Å². The van der Waals surface area contributed by atoms with Crippen LogP contribution < -0.4 is 0 Å². The van der Waals surface area contributed by atoms with Crippen LogP contribution in [0.5, 0.6) is 0 Å². The maximum Gasteiger partial charge on any atom is 0.350 e. The summed E-state index contributed by atoms with van der Waals surface area (Å²) in [5, 5.41) is 0.00130. The third-order valence-corrected chi connectivity index (χ3v) is 13.5. The SMILES string of the molecule is CCCC[C@@]12O[Si](C(C)(C)C)(C(C)(C)C)O[C@H]1C1=CCCCC1(C)/C=C\CC2(C)C. The molecule has 2 nitrogen and oxygen atoms in total. The van der Waals surface area contributed by atoms with Crippen molar-refractivity contribution >= 4 is 8.56 Å². The van der Waals surface area contributed by atoms with E-state index in [0.29, 0.717) is 0 Å². The Bertz CT molecular complexity index is 691. The minimum Gasteiger partial charge on any atom is -0.384 e. The molecule has 3 aliphatic rings.